The predicted molar refractivity (Wildman–Crippen MR) is 91.2 cm³/mol. The number of benzene rings is 1. The Bertz CT molecular complexity index is 532. The molecule has 1 aromatic carbocycles. The molecule has 2 aromatic rings. The molecular formula is C18H25NOS. The van der Waals surface area contributed by atoms with Gasteiger partial charge in [-0.3, -0.25) is 0 Å². The molecule has 3 heteroatoms. The molecule has 0 radical (unpaired) electrons. The van der Waals surface area contributed by atoms with Crippen LogP contribution in [-0.2, 0) is 17.6 Å². The van der Waals surface area contributed by atoms with Crippen molar-refractivity contribution in [2.24, 2.45) is 0 Å². The molecule has 1 atom stereocenters. The molecule has 1 unspecified atom stereocenters. The van der Waals surface area contributed by atoms with E-state index >= 15 is 0 Å². The molecular weight excluding hydrogens is 278 g/mol. The van der Waals surface area contributed by atoms with E-state index in [-0.39, 0.29) is 0 Å². The quantitative estimate of drug-likeness (QED) is 0.789. The van der Waals surface area contributed by atoms with E-state index in [0.717, 1.165) is 26.0 Å². The summed E-state index contributed by atoms with van der Waals surface area (Å²) >= 11 is 1.91. The summed E-state index contributed by atoms with van der Waals surface area (Å²) in [6, 6.07) is 13.7. The van der Waals surface area contributed by atoms with Gasteiger partial charge in [0.1, 0.15) is 0 Å². The highest BCUT2D eigenvalue weighted by atomic mass is 32.1. The van der Waals surface area contributed by atoms with Gasteiger partial charge in [0.05, 0.1) is 12.6 Å². The number of thiophene rings is 1. The number of aryl methyl sites for hydroxylation is 1. The molecule has 0 bridgehead atoms. The number of rotatable bonds is 8. The summed E-state index contributed by atoms with van der Waals surface area (Å²) in [6.07, 6.45) is 2.08. The molecule has 114 valence electrons. The fraction of sp³-hybridized carbons (Fsp3) is 0.444. The number of methoxy groups -OCH3 is 1. The molecule has 0 aliphatic rings. The lowest BCUT2D eigenvalue weighted by molar-refractivity contribution is 0.202. The average Bonchev–Trinajstić information content (AvgIpc) is 3.00. The van der Waals surface area contributed by atoms with Crippen molar-refractivity contribution in [1.82, 2.24) is 5.32 Å². The van der Waals surface area contributed by atoms with Gasteiger partial charge in [0.2, 0.25) is 0 Å². The Kier molecular flexibility index (Phi) is 6.43. The number of hydrogen-bond donors (Lipinski definition) is 1. The summed E-state index contributed by atoms with van der Waals surface area (Å²) in [7, 11) is 1.75. The lowest BCUT2D eigenvalue weighted by Gasteiger charge is -2.17. The molecule has 0 saturated carbocycles. The zero-order valence-electron chi connectivity index (χ0n) is 13.2. The van der Waals surface area contributed by atoms with Gasteiger partial charge >= 0.3 is 0 Å². The van der Waals surface area contributed by atoms with E-state index in [0.29, 0.717) is 6.04 Å². The molecule has 0 fully saturated rings. The van der Waals surface area contributed by atoms with E-state index in [1.807, 2.05) is 11.3 Å². The highest BCUT2D eigenvalue weighted by molar-refractivity contribution is 7.12. The van der Waals surface area contributed by atoms with Crippen molar-refractivity contribution >= 4 is 11.3 Å². The maximum Gasteiger partial charge on any atom is 0.0671 e. The SMILES string of the molecule is CCNC(c1ccc(CCOC)cc1)c1ccc(CC)s1. The van der Waals surface area contributed by atoms with Crippen LogP contribution in [0.4, 0.5) is 0 Å². The Morgan fingerprint density at radius 1 is 1.10 bits per heavy atom. The van der Waals surface area contributed by atoms with E-state index < -0.39 is 0 Å². The monoisotopic (exact) mass is 303 g/mol. The minimum absolute atomic E-state index is 0.303. The summed E-state index contributed by atoms with van der Waals surface area (Å²) < 4.78 is 5.14. The van der Waals surface area contributed by atoms with E-state index in [1.54, 1.807) is 7.11 Å². The Hall–Kier alpha value is -1.16. The van der Waals surface area contributed by atoms with Gasteiger partial charge in [-0.25, -0.2) is 0 Å². The molecule has 0 aliphatic heterocycles. The van der Waals surface area contributed by atoms with Gasteiger partial charge in [-0.1, -0.05) is 38.1 Å². The van der Waals surface area contributed by atoms with E-state index in [1.165, 1.54) is 20.9 Å². The average molecular weight is 303 g/mol. The third kappa shape index (κ3) is 4.40. The summed E-state index contributed by atoms with van der Waals surface area (Å²) in [4.78, 5) is 2.85. The van der Waals surface area contributed by atoms with Gasteiger partial charge in [0.25, 0.3) is 0 Å². The standard InChI is InChI=1S/C18H25NOS/c1-4-16-10-11-17(21-16)18(19-5-2)15-8-6-14(7-9-15)12-13-20-3/h6-11,18-19H,4-5,12-13H2,1-3H3. The first kappa shape index (κ1) is 16.2. The largest absolute Gasteiger partial charge is 0.384 e. The minimum atomic E-state index is 0.303. The van der Waals surface area contributed by atoms with Gasteiger partial charge in [0, 0.05) is 16.9 Å². The molecule has 1 heterocycles. The summed E-state index contributed by atoms with van der Waals surface area (Å²) in [5, 5.41) is 3.60. The first-order valence-corrected chi connectivity index (χ1v) is 8.49. The Labute approximate surface area is 132 Å². The van der Waals surface area contributed by atoms with E-state index in [2.05, 4.69) is 55.6 Å². The minimum Gasteiger partial charge on any atom is -0.384 e. The maximum atomic E-state index is 5.14. The second-order valence-corrected chi connectivity index (χ2v) is 6.33. The van der Waals surface area contributed by atoms with Crippen LogP contribution >= 0.6 is 11.3 Å². The lowest BCUT2D eigenvalue weighted by Crippen LogP contribution is -2.21. The van der Waals surface area contributed by atoms with Crippen LogP contribution in [-0.4, -0.2) is 20.3 Å². The summed E-state index contributed by atoms with van der Waals surface area (Å²) in [6.45, 7) is 6.12. The van der Waals surface area contributed by atoms with Gasteiger partial charge < -0.3 is 10.1 Å². The molecule has 2 nitrogen and oxygen atoms in total. The van der Waals surface area contributed by atoms with Gasteiger partial charge in [-0.05, 0) is 42.6 Å². The first-order valence-electron chi connectivity index (χ1n) is 7.68. The van der Waals surface area contributed by atoms with Crippen LogP contribution in [0.1, 0.15) is 40.8 Å². The van der Waals surface area contributed by atoms with Crippen LogP contribution in [0.2, 0.25) is 0 Å². The molecule has 0 aliphatic carbocycles. The van der Waals surface area contributed by atoms with Gasteiger partial charge in [-0.2, -0.15) is 0 Å². The number of hydrogen-bond acceptors (Lipinski definition) is 3. The summed E-state index contributed by atoms with van der Waals surface area (Å²) in [5.74, 6) is 0. The van der Waals surface area contributed by atoms with Gasteiger partial charge in [-0.15, -0.1) is 11.3 Å². The van der Waals surface area contributed by atoms with Gasteiger partial charge in [0.15, 0.2) is 0 Å². The van der Waals surface area contributed by atoms with Crippen molar-refractivity contribution in [3.63, 3.8) is 0 Å². The van der Waals surface area contributed by atoms with Crippen molar-refractivity contribution in [2.45, 2.75) is 32.7 Å². The van der Waals surface area contributed by atoms with Crippen molar-refractivity contribution in [1.29, 1.82) is 0 Å². The van der Waals surface area contributed by atoms with Crippen LogP contribution < -0.4 is 5.32 Å². The normalized spacial score (nSPS) is 12.5. The van der Waals surface area contributed by atoms with Crippen LogP contribution in [0.3, 0.4) is 0 Å². The van der Waals surface area contributed by atoms with Crippen molar-refractivity contribution < 1.29 is 4.74 Å². The maximum absolute atomic E-state index is 5.14. The zero-order chi connectivity index (χ0) is 15.1. The number of nitrogens with one attached hydrogen (secondary N) is 1. The fourth-order valence-corrected chi connectivity index (χ4v) is 3.48. The lowest BCUT2D eigenvalue weighted by atomic mass is 10.0. The number of ether oxygens (including phenoxy) is 1. The smallest absolute Gasteiger partial charge is 0.0671 e. The van der Waals surface area contributed by atoms with Crippen LogP contribution in [0, 0.1) is 0 Å². The van der Waals surface area contributed by atoms with Crippen LogP contribution in [0.15, 0.2) is 36.4 Å². The molecule has 21 heavy (non-hydrogen) atoms. The molecule has 1 N–H and O–H groups in total. The second kappa shape index (κ2) is 8.32. The first-order chi connectivity index (χ1) is 10.3. The molecule has 0 amide bonds. The van der Waals surface area contributed by atoms with Crippen molar-refractivity contribution in [2.75, 3.05) is 20.3 Å². The second-order valence-electron chi connectivity index (χ2n) is 5.13. The third-order valence-electron chi connectivity index (χ3n) is 3.63. The Balaban J connectivity index is 2.17. The van der Waals surface area contributed by atoms with E-state index in [9.17, 15) is 0 Å². The molecule has 2 rings (SSSR count). The fourth-order valence-electron chi connectivity index (χ4n) is 2.42. The molecule has 0 saturated heterocycles. The molecule has 0 spiro atoms. The Morgan fingerprint density at radius 2 is 1.86 bits per heavy atom. The zero-order valence-corrected chi connectivity index (χ0v) is 14.0. The summed E-state index contributed by atoms with van der Waals surface area (Å²) in [5.41, 5.74) is 2.67. The predicted octanol–water partition coefficient (Wildman–Crippen LogP) is 4.20. The molecule has 1 aromatic heterocycles. The third-order valence-corrected chi connectivity index (χ3v) is 4.93. The Morgan fingerprint density at radius 3 is 2.43 bits per heavy atom. The highest BCUT2D eigenvalue weighted by Gasteiger charge is 2.15. The van der Waals surface area contributed by atoms with Crippen LogP contribution in [0.25, 0.3) is 0 Å². The van der Waals surface area contributed by atoms with Crippen LogP contribution in [0.5, 0.6) is 0 Å². The topological polar surface area (TPSA) is 21.3 Å². The van der Waals surface area contributed by atoms with Crippen molar-refractivity contribution in [3.8, 4) is 0 Å². The van der Waals surface area contributed by atoms with Crippen molar-refractivity contribution in [3.05, 3.63) is 57.3 Å². The highest BCUT2D eigenvalue weighted by Crippen LogP contribution is 2.29. The van der Waals surface area contributed by atoms with E-state index in [4.69, 9.17) is 4.74 Å².